The van der Waals surface area contributed by atoms with Crippen molar-refractivity contribution in [2.45, 2.75) is 25.3 Å². The van der Waals surface area contributed by atoms with Gasteiger partial charge in [-0.3, -0.25) is 4.79 Å². The number of primary amides is 1. The van der Waals surface area contributed by atoms with Crippen LogP contribution in [0.15, 0.2) is 24.3 Å². The summed E-state index contributed by atoms with van der Waals surface area (Å²) in [7, 11) is 0. The summed E-state index contributed by atoms with van der Waals surface area (Å²) >= 11 is 0. The van der Waals surface area contributed by atoms with Gasteiger partial charge in [0.05, 0.1) is 0 Å². The van der Waals surface area contributed by atoms with Crippen LogP contribution in [0.5, 0.6) is 0 Å². The zero-order valence-corrected chi connectivity index (χ0v) is 11.4. The zero-order valence-electron chi connectivity index (χ0n) is 11.4. The van der Waals surface area contributed by atoms with E-state index >= 15 is 0 Å². The minimum absolute atomic E-state index is 0.312. The second-order valence-corrected chi connectivity index (χ2v) is 4.91. The van der Waals surface area contributed by atoms with Crippen LogP contribution in [0.25, 0.3) is 0 Å². The summed E-state index contributed by atoms with van der Waals surface area (Å²) in [5, 5.41) is 11.6. The molecule has 1 heterocycles. The molecule has 7 heteroatoms. The van der Waals surface area contributed by atoms with E-state index in [1.54, 1.807) is 24.3 Å². The molecule has 0 aliphatic carbocycles. The lowest BCUT2D eigenvalue weighted by molar-refractivity contribution is -0.143. The fraction of sp³-hybridized carbons (Fsp3) is 0.357. The number of rotatable bonds is 3. The highest BCUT2D eigenvalue weighted by molar-refractivity contribution is 5.97. The lowest BCUT2D eigenvalue weighted by Gasteiger charge is -2.33. The Morgan fingerprint density at radius 3 is 2.43 bits per heavy atom. The molecule has 112 valence electrons. The van der Waals surface area contributed by atoms with E-state index in [0.29, 0.717) is 24.2 Å². The van der Waals surface area contributed by atoms with E-state index in [4.69, 9.17) is 5.73 Å². The third kappa shape index (κ3) is 3.50. The number of nitrogens with two attached hydrogens (primary N) is 1. The average molecular weight is 291 g/mol. The smallest absolute Gasteiger partial charge is 0.326 e. The minimum Gasteiger partial charge on any atom is -0.480 e. The molecule has 4 N–H and O–H groups in total. The van der Waals surface area contributed by atoms with Crippen molar-refractivity contribution in [2.24, 2.45) is 5.73 Å². The van der Waals surface area contributed by atoms with Gasteiger partial charge in [-0.1, -0.05) is 0 Å². The molecule has 7 nitrogen and oxygen atoms in total. The van der Waals surface area contributed by atoms with Gasteiger partial charge < -0.3 is 21.1 Å². The van der Waals surface area contributed by atoms with Gasteiger partial charge in [-0.25, -0.2) is 9.59 Å². The zero-order chi connectivity index (χ0) is 15.4. The molecule has 1 saturated heterocycles. The topological polar surface area (TPSA) is 113 Å². The standard InChI is InChI=1S/C14H17N3O4/c15-14(21)16-10-6-4-9(5-7-10)12(18)17-8-2-1-3-11(17)13(19)20/h4-7,11H,1-3,8H2,(H,19,20)(H3,15,16,21). The quantitative estimate of drug-likeness (QED) is 0.778. The first-order chi connectivity index (χ1) is 9.99. The average Bonchev–Trinajstić information content (AvgIpc) is 2.46. The lowest BCUT2D eigenvalue weighted by atomic mass is 10.0. The molecule has 0 saturated carbocycles. The number of carboxylic acid groups (broad SMARTS) is 1. The molecule has 0 bridgehead atoms. The van der Waals surface area contributed by atoms with Crippen LogP contribution in [-0.4, -0.2) is 40.5 Å². The highest BCUT2D eigenvalue weighted by Gasteiger charge is 2.32. The predicted molar refractivity (Wildman–Crippen MR) is 76.0 cm³/mol. The van der Waals surface area contributed by atoms with Crippen LogP contribution >= 0.6 is 0 Å². The molecule has 1 aliphatic rings. The molecule has 0 radical (unpaired) electrons. The van der Waals surface area contributed by atoms with Gasteiger partial charge in [0.1, 0.15) is 6.04 Å². The fourth-order valence-corrected chi connectivity index (χ4v) is 2.44. The van der Waals surface area contributed by atoms with Gasteiger partial charge in [0, 0.05) is 17.8 Å². The van der Waals surface area contributed by atoms with Crippen molar-refractivity contribution in [3.05, 3.63) is 29.8 Å². The summed E-state index contributed by atoms with van der Waals surface area (Å²) in [5.41, 5.74) is 5.87. The Bertz CT molecular complexity index is 556. The predicted octanol–water partition coefficient (Wildman–Crippen LogP) is 1.26. The minimum atomic E-state index is -0.977. The van der Waals surface area contributed by atoms with Crippen LogP contribution in [0, 0.1) is 0 Å². The Balaban J connectivity index is 2.14. The lowest BCUT2D eigenvalue weighted by Crippen LogP contribution is -2.47. The summed E-state index contributed by atoms with van der Waals surface area (Å²) in [5.74, 6) is -1.29. The summed E-state index contributed by atoms with van der Waals surface area (Å²) in [6.07, 6.45) is 2.08. The Kier molecular flexibility index (Phi) is 4.42. The Morgan fingerprint density at radius 1 is 1.19 bits per heavy atom. The van der Waals surface area contributed by atoms with E-state index in [-0.39, 0.29) is 5.91 Å². The number of carboxylic acids is 1. The first-order valence-electron chi connectivity index (χ1n) is 6.69. The van der Waals surface area contributed by atoms with E-state index in [9.17, 15) is 19.5 Å². The fourth-order valence-electron chi connectivity index (χ4n) is 2.44. The summed E-state index contributed by atoms with van der Waals surface area (Å²) in [4.78, 5) is 35.7. The Morgan fingerprint density at radius 2 is 1.86 bits per heavy atom. The maximum absolute atomic E-state index is 12.4. The number of anilines is 1. The van der Waals surface area contributed by atoms with Crippen LogP contribution in [0.3, 0.4) is 0 Å². The molecule has 21 heavy (non-hydrogen) atoms. The normalized spacial score (nSPS) is 18.1. The molecule has 1 fully saturated rings. The van der Waals surface area contributed by atoms with Gasteiger partial charge in [0.25, 0.3) is 5.91 Å². The van der Waals surface area contributed by atoms with Crippen molar-refractivity contribution in [1.82, 2.24) is 4.90 Å². The van der Waals surface area contributed by atoms with Crippen molar-refractivity contribution in [2.75, 3.05) is 11.9 Å². The van der Waals surface area contributed by atoms with E-state index < -0.39 is 18.0 Å². The van der Waals surface area contributed by atoms with Gasteiger partial charge in [-0.15, -0.1) is 0 Å². The van der Waals surface area contributed by atoms with Gasteiger partial charge in [0.2, 0.25) is 0 Å². The molecule has 1 aromatic rings. The molecule has 1 atom stereocenters. The maximum atomic E-state index is 12.4. The highest BCUT2D eigenvalue weighted by Crippen LogP contribution is 2.20. The van der Waals surface area contributed by atoms with Gasteiger partial charge in [-0.2, -0.15) is 0 Å². The number of carbonyl (C=O) groups is 3. The number of aliphatic carboxylic acids is 1. The van der Waals surface area contributed by atoms with Gasteiger partial charge in [0.15, 0.2) is 0 Å². The molecule has 3 amide bonds. The largest absolute Gasteiger partial charge is 0.480 e. The van der Waals surface area contributed by atoms with Crippen molar-refractivity contribution in [3.63, 3.8) is 0 Å². The second-order valence-electron chi connectivity index (χ2n) is 4.91. The first-order valence-corrected chi connectivity index (χ1v) is 6.69. The number of amides is 3. The SMILES string of the molecule is NC(=O)Nc1ccc(C(=O)N2CCCCC2C(=O)O)cc1. The third-order valence-electron chi connectivity index (χ3n) is 3.45. The molecule has 0 aromatic heterocycles. The number of urea groups is 1. The number of carbonyl (C=O) groups excluding carboxylic acids is 2. The number of benzene rings is 1. The van der Waals surface area contributed by atoms with E-state index in [0.717, 1.165) is 12.8 Å². The first kappa shape index (κ1) is 14.8. The van der Waals surface area contributed by atoms with Crippen LogP contribution in [0.4, 0.5) is 10.5 Å². The molecule has 0 spiro atoms. The number of likely N-dealkylation sites (tertiary alicyclic amines) is 1. The van der Waals surface area contributed by atoms with E-state index in [2.05, 4.69) is 5.32 Å². The summed E-state index contributed by atoms with van der Waals surface area (Å²) in [6, 6.07) is 4.74. The van der Waals surface area contributed by atoms with Crippen molar-refractivity contribution < 1.29 is 19.5 Å². The number of piperidine rings is 1. The van der Waals surface area contributed by atoms with E-state index in [1.165, 1.54) is 4.90 Å². The molecular weight excluding hydrogens is 274 g/mol. The van der Waals surface area contributed by atoms with Crippen molar-refractivity contribution in [3.8, 4) is 0 Å². The van der Waals surface area contributed by atoms with E-state index in [1.807, 2.05) is 0 Å². The Hall–Kier alpha value is -2.57. The van der Waals surface area contributed by atoms with Crippen LogP contribution in [0.1, 0.15) is 29.6 Å². The molecular formula is C14H17N3O4. The molecule has 1 unspecified atom stereocenters. The summed E-state index contributed by atoms with van der Waals surface area (Å²) in [6.45, 7) is 0.442. The maximum Gasteiger partial charge on any atom is 0.326 e. The Labute approximate surface area is 121 Å². The number of hydrogen-bond donors (Lipinski definition) is 3. The van der Waals surface area contributed by atoms with Gasteiger partial charge >= 0.3 is 12.0 Å². The van der Waals surface area contributed by atoms with Gasteiger partial charge in [-0.05, 0) is 43.5 Å². The number of hydrogen-bond acceptors (Lipinski definition) is 3. The monoisotopic (exact) mass is 291 g/mol. The van der Waals surface area contributed by atoms with Crippen LogP contribution < -0.4 is 11.1 Å². The third-order valence-corrected chi connectivity index (χ3v) is 3.45. The van der Waals surface area contributed by atoms with Crippen molar-refractivity contribution in [1.29, 1.82) is 0 Å². The highest BCUT2D eigenvalue weighted by atomic mass is 16.4. The van der Waals surface area contributed by atoms with Crippen LogP contribution in [-0.2, 0) is 4.79 Å². The molecule has 1 aliphatic heterocycles. The van der Waals surface area contributed by atoms with Crippen LogP contribution in [0.2, 0.25) is 0 Å². The summed E-state index contributed by atoms with van der Waals surface area (Å²) < 4.78 is 0. The molecule has 2 rings (SSSR count). The number of nitrogens with zero attached hydrogens (tertiary/aromatic N) is 1. The molecule has 1 aromatic carbocycles. The van der Waals surface area contributed by atoms with Crippen molar-refractivity contribution >= 4 is 23.6 Å². The second kappa shape index (κ2) is 6.25. The number of nitrogens with one attached hydrogen (secondary N) is 1.